The average molecular weight is 279 g/mol. The van der Waals surface area contributed by atoms with E-state index in [1.54, 1.807) is 12.1 Å². The third-order valence-corrected chi connectivity index (χ3v) is 2.86. The Morgan fingerprint density at radius 1 is 1.10 bits per heavy atom. The molecule has 1 rings (SSSR count). The SMILES string of the molecule is NCCCCCC(N)OC(=O)c1ccccc1C(N)=O. The number of benzene rings is 1. The lowest BCUT2D eigenvalue weighted by Gasteiger charge is -2.14. The van der Waals surface area contributed by atoms with Crippen LogP contribution in [-0.4, -0.2) is 24.6 Å². The minimum atomic E-state index is -0.693. The summed E-state index contributed by atoms with van der Waals surface area (Å²) in [5.41, 5.74) is 16.6. The van der Waals surface area contributed by atoms with Gasteiger partial charge in [0.05, 0.1) is 11.1 Å². The minimum Gasteiger partial charge on any atom is -0.443 e. The third kappa shape index (κ3) is 4.99. The molecule has 6 N–H and O–H groups in total. The predicted octanol–water partition coefficient (Wildman–Crippen LogP) is 0.746. The molecule has 0 saturated carbocycles. The first-order valence-electron chi connectivity index (χ1n) is 6.61. The second kappa shape index (κ2) is 8.29. The zero-order valence-corrected chi connectivity index (χ0v) is 11.4. The lowest BCUT2D eigenvalue weighted by atomic mass is 10.1. The van der Waals surface area contributed by atoms with Gasteiger partial charge in [0.25, 0.3) is 0 Å². The van der Waals surface area contributed by atoms with Gasteiger partial charge in [0.1, 0.15) is 0 Å². The highest BCUT2D eigenvalue weighted by Gasteiger charge is 2.18. The summed E-state index contributed by atoms with van der Waals surface area (Å²) in [4.78, 5) is 23.2. The Morgan fingerprint density at radius 2 is 1.75 bits per heavy atom. The number of esters is 1. The van der Waals surface area contributed by atoms with E-state index in [-0.39, 0.29) is 11.1 Å². The van der Waals surface area contributed by atoms with Crippen LogP contribution < -0.4 is 17.2 Å². The molecule has 0 aliphatic carbocycles. The highest BCUT2D eigenvalue weighted by atomic mass is 16.6. The molecule has 1 amide bonds. The number of amides is 1. The molecule has 6 nitrogen and oxygen atoms in total. The Kier molecular flexibility index (Phi) is 6.69. The van der Waals surface area contributed by atoms with Gasteiger partial charge in [0.15, 0.2) is 6.23 Å². The molecule has 20 heavy (non-hydrogen) atoms. The fourth-order valence-corrected chi connectivity index (χ4v) is 1.80. The summed E-state index contributed by atoms with van der Waals surface area (Å²) in [5, 5.41) is 0. The molecule has 0 aliphatic heterocycles. The molecule has 1 atom stereocenters. The number of primary amides is 1. The minimum absolute atomic E-state index is 0.132. The molecule has 1 aromatic rings. The molecule has 0 aromatic heterocycles. The second-order valence-electron chi connectivity index (χ2n) is 4.49. The van der Waals surface area contributed by atoms with Crippen molar-refractivity contribution >= 4 is 11.9 Å². The molecule has 0 aliphatic rings. The van der Waals surface area contributed by atoms with Gasteiger partial charge in [-0.15, -0.1) is 0 Å². The van der Waals surface area contributed by atoms with Gasteiger partial charge in [-0.3, -0.25) is 10.5 Å². The van der Waals surface area contributed by atoms with Crippen LogP contribution in [0.15, 0.2) is 24.3 Å². The van der Waals surface area contributed by atoms with Crippen LogP contribution in [-0.2, 0) is 4.74 Å². The average Bonchev–Trinajstić information content (AvgIpc) is 2.43. The Hall–Kier alpha value is -1.92. The van der Waals surface area contributed by atoms with Crippen molar-refractivity contribution in [2.75, 3.05) is 6.54 Å². The normalized spacial score (nSPS) is 11.9. The molecule has 0 radical (unpaired) electrons. The van der Waals surface area contributed by atoms with Crippen LogP contribution in [0.4, 0.5) is 0 Å². The van der Waals surface area contributed by atoms with E-state index in [4.69, 9.17) is 21.9 Å². The highest BCUT2D eigenvalue weighted by Crippen LogP contribution is 2.11. The Labute approximate surface area is 118 Å². The lowest BCUT2D eigenvalue weighted by molar-refractivity contribution is 0.0289. The van der Waals surface area contributed by atoms with Gasteiger partial charge in [-0.1, -0.05) is 18.6 Å². The standard InChI is InChI=1S/C14H21N3O3/c15-9-5-1-2-8-12(16)20-14(19)11-7-4-3-6-10(11)13(17)18/h3-4,6-7,12H,1-2,5,8-9,15-16H2,(H2,17,18). The van der Waals surface area contributed by atoms with E-state index in [0.29, 0.717) is 13.0 Å². The van der Waals surface area contributed by atoms with E-state index in [1.165, 1.54) is 12.1 Å². The van der Waals surface area contributed by atoms with Gasteiger partial charge < -0.3 is 16.2 Å². The summed E-state index contributed by atoms with van der Waals surface area (Å²) in [6.45, 7) is 0.640. The molecular weight excluding hydrogens is 258 g/mol. The van der Waals surface area contributed by atoms with Crippen LogP contribution in [0.1, 0.15) is 46.4 Å². The van der Waals surface area contributed by atoms with Crippen LogP contribution >= 0.6 is 0 Å². The number of nitrogens with two attached hydrogens (primary N) is 3. The van der Waals surface area contributed by atoms with Crippen molar-refractivity contribution in [1.29, 1.82) is 0 Å². The monoisotopic (exact) mass is 279 g/mol. The first-order chi connectivity index (χ1) is 9.56. The maximum Gasteiger partial charge on any atom is 0.340 e. The van der Waals surface area contributed by atoms with Gasteiger partial charge in [-0.05, 0) is 37.9 Å². The quantitative estimate of drug-likeness (QED) is 0.368. The van der Waals surface area contributed by atoms with E-state index in [2.05, 4.69) is 0 Å². The first-order valence-corrected chi connectivity index (χ1v) is 6.61. The maximum absolute atomic E-state index is 11.9. The van der Waals surface area contributed by atoms with Crippen LogP contribution in [0, 0.1) is 0 Å². The highest BCUT2D eigenvalue weighted by molar-refractivity contribution is 6.04. The van der Waals surface area contributed by atoms with E-state index >= 15 is 0 Å². The van der Waals surface area contributed by atoms with Gasteiger partial charge in [-0.25, -0.2) is 4.79 Å². The molecule has 1 unspecified atom stereocenters. The van der Waals surface area contributed by atoms with Crippen molar-refractivity contribution in [2.24, 2.45) is 17.2 Å². The number of unbranched alkanes of at least 4 members (excludes halogenated alkanes) is 2. The first kappa shape index (κ1) is 16.1. The largest absolute Gasteiger partial charge is 0.443 e. The van der Waals surface area contributed by atoms with Crippen molar-refractivity contribution in [2.45, 2.75) is 31.9 Å². The summed E-state index contributed by atoms with van der Waals surface area (Å²) >= 11 is 0. The number of carbonyl (C=O) groups excluding carboxylic acids is 2. The molecule has 110 valence electrons. The zero-order chi connectivity index (χ0) is 15.0. The summed E-state index contributed by atoms with van der Waals surface area (Å²) in [6, 6.07) is 6.23. The molecule has 6 heteroatoms. The third-order valence-electron chi connectivity index (χ3n) is 2.86. The van der Waals surface area contributed by atoms with E-state index in [1.807, 2.05) is 0 Å². The second-order valence-corrected chi connectivity index (χ2v) is 4.49. The van der Waals surface area contributed by atoms with Crippen molar-refractivity contribution in [3.05, 3.63) is 35.4 Å². The van der Waals surface area contributed by atoms with E-state index in [0.717, 1.165) is 19.3 Å². The predicted molar refractivity (Wildman–Crippen MR) is 75.9 cm³/mol. The maximum atomic E-state index is 11.9. The fraction of sp³-hybridized carbons (Fsp3) is 0.429. The Bertz CT molecular complexity index is 463. The molecule has 0 bridgehead atoms. The number of hydrogen-bond acceptors (Lipinski definition) is 5. The van der Waals surface area contributed by atoms with Crippen molar-refractivity contribution in [3.63, 3.8) is 0 Å². The fourth-order valence-electron chi connectivity index (χ4n) is 1.80. The van der Waals surface area contributed by atoms with Crippen LogP contribution in [0.5, 0.6) is 0 Å². The molecule has 1 aromatic carbocycles. The molecule has 0 fully saturated rings. The molecule has 0 saturated heterocycles. The number of ether oxygens (including phenoxy) is 1. The van der Waals surface area contributed by atoms with Crippen molar-refractivity contribution in [3.8, 4) is 0 Å². The zero-order valence-electron chi connectivity index (χ0n) is 11.4. The van der Waals surface area contributed by atoms with Crippen LogP contribution in [0.3, 0.4) is 0 Å². The number of hydrogen-bond donors (Lipinski definition) is 3. The van der Waals surface area contributed by atoms with E-state index < -0.39 is 18.1 Å². The number of rotatable bonds is 8. The topological polar surface area (TPSA) is 121 Å². The number of carbonyl (C=O) groups is 2. The molecule has 0 spiro atoms. The van der Waals surface area contributed by atoms with Gasteiger partial charge in [-0.2, -0.15) is 0 Å². The summed E-state index contributed by atoms with van der Waals surface area (Å²) in [7, 11) is 0. The lowest BCUT2D eigenvalue weighted by Crippen LogP contribution is -2.28. The van der Waals surface area contributed by atoms with Gasteiger partial charge in [0, 0.05) is 0 Å². The smallest absolute Gasteiger partial charge is 0.340 e. The van der Waals surface area contributed by atoms with Gasteiger partial charge in [0.2, 0.25) is 5.91 Å². The van der Waals surface area contributed by atoms with Crippen molar-refractivity contribution < 1.29 is 14.3 Å². The van der Waals surface area contributed by atoms with Crippen LogP contribution in [0.2, 0.25) is 0 Å². The van der Waals surface area contributed by atoms with Crippen LogP contribution in [0.25, 0.3) is 0 Å². The summed E-state index contributed by atoms with van der Waals surface area (Å²) in [6.07, 6.45) is 2.57. The summed E-state index contributed by atoms with van der Waals surface area (Å²) in [5.74, 6) is -1.31. The van der Waals surface area contributed by atoms with Crippen molar-refractivity contribution in [1.82, 2.24) is 0 Å². The van der Waals surface area contributed by atoms with Gasteiger partial charge >= 0.3 is 5.97 Å². The van der Waals surface area contributed by atoms with E-state index in [9.17, 15) is 9.59 Å². The molecular formula is C14H21N3O3. The Morgan fingerprint density at radius 3 is 2.35 bits per heavy atom. The summed E-state index contributed by atoms with van der Waals surface area (Å²) < 4.78 is 5.11. The Balaban J connectivity index is 2.56. The molecule has 0 heterocycles.